The van der Waals surface area contributed by atoms with Gasteiger partial charge in [-0.2, -0.15) is 0 Å². The van der Waals surface area contributed by atoms with Crippen molar-refractivity contribution in [2.45, 2.75) is 19.4 Å². The summed E-state index contributed by atoms with van der Waals surface area (Å²) >= 11 is 1.72. The summed E-state index contributed by atoms with van der Waals surface area (Å²) in [4.78, 5) is 9.16. The molecule has 0 fully saturated rings. The molecule has 0 saturated carbocycles. The molecule has 9 N–H and O–H groups in total. The first-order valence-electron chi connectivity index (χ1n) is 9.17. The van der Waals surface area contributed by atoms with E-state index >= 15 is 0 Å². The number of unbranched alkanes of at least 4 members (excludes halogenated alkanes) is 1. The molecule has 152 valence electrons. The molecule has 0 aliphatic heterocycles. The van der Waals surface area contributed by atoms with Crippen molar-refractivity contribution in [1.29, 1.82) is 0 Å². The lowest BCUT2D eigenvalue weighted by Gasteiger charge is -2.13. The summed E-state index contributed by atoms with van der Waals surface area (Å²) < 4.78 is 5.88. The van der Waals surface area contributed by atoms with Gasteiger partial charge in [-0.3, -0.25) is 9.98 Å². The lowest BCUT2D eigenvalue weighted by Crippen LogP contribution is -2.23. The van der Waals surface area contributed by atoms with Gasteiger partial charge in [-0.1, -0.05) is 6.07 Å². The van der Waals surface area contributed by atoms with E-state index in [2.05, 4.69) is 38.9 Å². The van der Waals surface area contributed by atoms with Gasteiger partial charge in [-0.25, -0.2) is 0 Å². The van der Waals surface area contributed by atoms with E-state index in [1.54, 1.807) is 11.3 Å². The van der Waals surface area contributed by atoms with Crippen LogP contribution in [0.15, 0.2) is 45.7 Å². The number of nitrogens with one attached hydrogen (secondary N) is 1. The summed E-state index contributed by atoms with van der Waals surface area (Å²) in [6, 6.07) is 10.4. The van der Waals surface area contributed by atoms with Crippen molar-refractivity contribution in [3.63, 3.8) is 0 Å². The average Bonchev–Trinajstić information content (AvgIpc) is 3.19. The van der Waals surface area contributed by atoms with Crippen molar-refractivity contribution >= 4 is 23.3 Å². The lowest BCUT2D eigenvalue weighted by atomic mass is 10.1. The fourth-order valence-corrected chi connectivity index (χ4v) is 3.30. The molecule has 0 aliphatic carbocycles. The maximum absolute atomic E-state index is 5.88. The Morgan fingerprint density at radius 1 is 1.00 bits per heavy atom. The summed E-state index contributed by atoms with van der Waals surface area (Å²) in [5.41, 5.74) is 23.6. The van der Waals surface area contributed by atoms with E-state index in [-0.39, 0.29) is 11.9 Å². The normalized spacial score (nSPS) is 10.4. The number of aliphatic imine (C=N–C) groups is 2. The van der Waals surface area contributed by atoms with Gasteiger partial charge in [0.05, 0.1) is 6.54 Å². The number of guanidine groups is 2. The van der Waals surface area contributed by atoms with Gasteiger partial charge in [-0.15, -0.1) is 11.3 Å². The molecule has 0 bridgehead atoms. The Kier molecular flexibility index (Phi) is 9.09. The van der Waals surface area contributed by atoms with Crippen LogP contribution in [0.5, 0.6) is 5.75 Å². The molecule has 0 aliphatic rings. The molecule has 9 heteroatoms. The minimum atomic E-state index is 0.0688. The van der Waals surface area contributed by atoms with Crippen LogP contribution in [0.4, 0.5) is 0 Å². The summed E-state index contributed by atoms with van der Waals surface area (Å²) in [6.45, 7) is 3.07. The van der Waals surface area contributed by atoms with Crippen molar-refractivity contribution in [3.05, 3.63) is 41.3 Å². The second-order valence-electron chi connectivity index (χ2n) is 6.15. The van der Waals surface area contributed by atoms with Crippen LogP contribution in [-0.2, 0) is 6.54 Å². The Hall–Kier alpha value is -2.78. The first-order chi connectivity index (χ1) is 13.6. The predicted molar refractivity (Wildman–Crippen MR) is 118 cm³/mol. The number of nitrogens with two attached hydrogens (primary N) is 4. The van der Waals surface area contributed by atoms with E-state index in [0.717, 1.165) is 30.7 Å². The topological polar surface area (TPSA) is 150 Å². The molecule has 0 radical (unpaired) electrons. The molecule has 28 heavy (non-hydrogen) atoms. The second kappa shape index (κ2) is 11.8. The highest BCUT2D eigenvalue weighted by molar-refractivity contribution is 7.13. The van der Waals surface area contributed by atoms with Gasteiger partial charge in [-0.05, 0) is 54.6 Å². The Labute approximate surface area is 169 Å². The monoisotopic (exact) mass is 403 g/mol. The van der Waals surface area contributed by atoms with Crippen molar-refractivity contribution in [1.82, 2.24) is 5.32 Å². The van der Waals surface area contributed by atoms with Crippen LogP contribution >= 0.6 is 11.3 Å². The van der Waals surface area contributed by atoms with Gasteiger partial charge in [0.2, 0.25) is 0 Å². The number of benzene rings is 1. The van der Waals surface area contributed by atoms with E-state index in [4.69, 9.17) is 27.7 Å². The lowest BCUT2D eigenvalue weighted by molar-refractivity contribution is 0.324. The number of ether oxygens (including phenoxy) is 1. The Morgan fingerprint density at radius 2 is 1.79 bits per heavy atom. The van der Waals surface area contributed by atoms with Crippen molar-refractivity contribution < 1.29 is 4.74 Å². The third kappa shape index (κ3) is 7.85. The number of hydrogen-bond donors (Lipinski definition) is 5. The second-order valence-corrected chi connectivity index (χ2v) is 7.09. The van der Waals surface area contributed by atoms with Crippen LogP contribution in [0.2, 0.25) is 0 Å². The highest BCUT2D eigenvalue weighted by Crippen LogP contribution is 2.29. The molecule has 2 aromatic rings. The molecule has 1 aromatic carbocycles. The molecule has 8 nitrogen and oxygen atoms in total. The molecular formula is C19H29N7OS. The summed E-state index contributed by atoms with van der Waals surface area (Å²) in [5.74, 6) is 1.04. The van der Waals surface area contributed by atoms with Crippen LogP contribution < -0.4 is 33.0 Å². The minimum absolute atomic E-state index is 0.0688. The van der Waals surface area contributed by atoms with Crippen LogP contribution in [0.1, 0.15) is 18.4 Å². The maximum atomic E-state index is 5.88. The van der Waals surface area contributed by atoms with Crippen LogP contribution in [0.3, 0.4) is 0 Å². The van der Waals surface area contributed by atoms with Gasteiger partial charge in [0.15, 0.2) is 11.9 Å². The average molecular weight is 404 g/mol. The molecule has 0 amide bonds. The quantitative estimate of drug-likeness (QED) is 0.204. The molecule has 1 aromatic heterocycles. The number of hydrogen-bond acceptors (Lipinski definition) is 5. The number of nitrogens with zero attached hydrogens (tertiary/aromatic N) is 2. The van der Waals surface area contributed by atoms with E-state index in [1.807, 2.05) is 12.1 Å². The van der Waals surface area contributed by atoms with Gasteiger partial charge in [0.25, 0.3) is 0 Å². The molecular weight excluding hydrogens is 374 g/mol. The number of rotatable bonds is 12. The van der Waals surface area contributed by atoms with E-state index in [0.29, 0.717) is 26.2 Å². The smallest absolute Gasteiger partial charge is 0.186 e. The standard InChI is InChI=1S/C19H29N7OS/c20-18(21)25-8-2-1-7-24-13-15-12-14(17-4-3-11-28-17)5-6-16(15)27-10-9-26-19(22)23/h3-6,11-12,24H,1-2,7-10,13H2,(H4,20,21,25)(H4,22,23,26). The SMILES string of the molecule is NC(N)=NCCCCNCc1cc(-c2cccs2)ccc1OCCN=C(N)N. The zero-order chi connectivity index (χ0) is 20.2. The highest BCUT2D eigenvalue weighted by atomic mass is 32.1. The molecule has 0 spiro atoms. The first-order valence-corrected chi connectivity index (χ1v) is 10.1. The fourth-order valence-electron chi connectivity index (χ4n) is 2.58. The zero-order valence-electron chi connectivity index (χ0n) is 15.9. The van der Waals surface area contributed by atoms with Crippen LogP contribution in [0, 0.1) is 0 Å². The highest BCUT2D eigenvalue weighted by Gasteiger charge is 2.08. The van der Waals surface area contributed by atoms with Gasteiger partial charge in [0, 0.05) is 23.5 Å². The molecule has 0 atom stereocenters. The van der Waals surface area contributed by atoms with E-state index < -0.39 is 0 Å². The minimum Gasteiger partial charge on any atom is -0.491 e. The fraction of sp³-hybridized carbons (Fsp3) is 0.368. The summed E-state index contributed by atoms with van der Waals surface area (Å²) in [6.07, 6.45) is 1.92. The summed E-state index contributed by atoms with van der Waals surface area (Å²) in [7, 11) is 0. The first kappa shape index (κ1) is 21.5. The van der Waals surface area contributed by atoms with E-state index in [9.17, 15) is 0 Å². The third-order valence-corrected chi connectivity index (χ3v) is 4.80. The maximum Gasteiger partial charge on any atom is 0.186 e. The largest absolute Gasteiger partial charge is 0.491 e. The van der Waals surface area contributed by atoms with Gasteiger partial charge < -0.3 is 33.0 Å². The molecule has 1 heterocycles. The van der Waals surface area contributed by atoms with Crippen LogP contribution in [-0.4, -0.2) is 38.2 Å². The summed E-state index contributed by atoms with van der Waals surface area (Å²) in [5, 5.41) is 5.53. The van der Waals surface area contributed by atoms with Crippen LogP contribution in [0.25, 0.3) is 10.4 Å². The Balaban J connectivity index is 1.93. The zero-order valence-corrected chi connectivity index (χ0v) is 16.8. The molecule has 2 rings (SSSR count). The van der Waals surface area contributed by atoms with Gasteiger partial charge >= 0.3 is 0 Å². The van der Waals surface area contributed by atoms with Crippen molar-refractivity contribution in [3.8, 4) is 16.2 Å². The van der Waals surface area contributed by atoms with Gasteiger partial charge in [0.1, 0.15) is 12.4 Å². The van der Waals surface area contributed by atoms with Crippen molar-refractivity contribution in [2.24, 2.45) is 32.9 Å². The third-order valence-electron chi connectivity index (χ3n) is 3.88. The predicted octanol–water partition coefficient (Wildman–Crippen LogP) is 1.21. The van der Waals surface area contributed by atoms with E-state index in [1.165, 1.54) is 10.4 Å². The van der Waals surface area contributed by atoms with Crippen molar-refractivity contribution in [2.75, 3.05) is 26.2 Å². The Morgan fingerprint density at radius 3 is 2.50 bits per heavy atom. The molecule has 0 saturated heterocycles. The number of thiophene rings is 1. The Bertz CT molecular complexity index is 767. The molecule has 0 unspecified atom stereocenters.